The molecule has 0 N–H and O–H groups in total. The van der Waals surface area contributed by atoms with E-state index in [1.165, 1.54) is 46.0 Å². The molecule has 0 radical (unpaired) electrons. The standard InChI is InChI=1S/C36H25F3/c1-20-10-12-23(18-22(20)3)25-14-16-31-32-17-15-26(24-13-11-21(2)33(19-24)36(37,38)39)28-7-5-9-30(35(28)32)29-8-4-6-27(25)34(29)31/h4-19H,1-3H3. The Morgan fingerprint density at radius 3 is 1.41 bits per heavy atom. The average molecular weight is 515 g/mol. The highest BCUT2D eigenvalue weighted by molar-refractivity contribution is 6.35. The Morgan fingerprint density at radius 1 is 0.436 bits per heavy atom. The van der Waals surface area contributed by atoms with E-state index < -0.39 is 11.7 Å². The minimum absolute atomic E-state index is 0.231. The van der Waals surface area contributed by atoms with Crippen LogP contribution in [0, 0.1) is 20.8 Å². The summed E-state index contributed by atoms with van der Waals surface area (Å²) >= 11 is 0. The third-order valence-corrected chi connectivity index (χ3v) is 8.33. The molecule has 0 aromatic heterocycles. The number of hydrogen-bond acceptors (Lipinski definition) is 0. The fourth-order valence-electron chi connectivity index (χ4n) is 6.22. The molecule has 190 valence electrons. The first-order valence-corrected chi connectivity index (χ1v) is 13.1. The lowest BCUT2D eigenvalue weighted by Gasteiger charge is -2.19. The fourth-order valence-corrected chi connectivity index (χ4v) is 6.22. The van der Waals surface area contributed by atoms with E-state index in [9.17, 15) is 13.2 Å². The molecule has 0 bridgehead atoms. The van der Waals surface area contributed by atoms with Gasteiger partial charge in [0.2, 0.25) is 0 Å². The van der Waals surface area contributed by atoms with Gasteiger partial charge in [-0.2, -0.15) is 13.2 Å². The highest BCUT2D eigenvalue weighted by atomic mass is 19.4. The van der Waals surface area contributed by atoms with Gasteiger partial charge in [-0.3, -0.25) is 0 Å². The molecule has 0 amide bonds. The van der Waals surface area contributed by atoms with Gasteiger partial charge in [0.1, 0.15) is 0 Å². The van der Waals surface area contributed by atoms with Crippen LogP contribution < -0.4 is 0 Å². The third kappa shape index (κ3) is 3.53. The predicted molar refractivity (Wildman–Crippen MR) is 158 cm³/mol. The molecule has 0 aliphatic carbocycles. The lowest BCUT2D eigenvalue weighted by atomic mass is 9.85. The summed E-state index contributed by atoms with van der Waals surface area (Å²) < 4.78 is 41.2. The largest absolute Gasteiger partial charge is 0.416 e. The van der Waals surface area contributed by atoms with Crippen molar-refractivity contribution >= 4 is 43.1 Å². The van der Waals surface area contributed by atoms with Crippen LogP contribution in [0.1, 0.15) is 22.3 Å². The molecule has 7 aromatic carbocycles. The van der Waals surface area contributed by atoms with Gasteiger partial charge in [-0.25, -0.2) is 0 Å². The maximum absolute atomic E-state index is 13.7. The molecule has 39 heavy (non-hydrogen) atoms. The number of benzene rings is 7. The smallest absolute Gasteiger partial charge is 0.166 e. The molecule has 0 aliphatic rings. The van der Waals surface area contributed by atoms with Gasteiger partial charge in [-0.1, -0.05) is 91.0 Å². The molecular formula is C36H25F3. The van der Waals surface area contributed by atoms with E-state index in [4.69, 9.17) is 0 Å². The summed E-state index contributed by atoms with van der Waals surface area (Å²) in [5.74, 6) is 0. The summed E-state index contributed by atoms with van der Waals surface area (Å²) in [4.78, 5) is 0. The monoisotopic (exact) mass is 514 g/mol. The van der Waals surface area contributed by atoms with Gasteiger partial charge < -0.3 is 0 Å². The fraction of sp³-hybridized carbons (Fsp3) is 0.111. The summed E-state index contributed by atoms with van der Waals surface area (Å²) in [6.07, 6.45) is -4.39. The van der Waals surface area contributed by atoms with Crippen molar-refractivity contribution in [2.24, 2.45) is 0 Å². The summed E-state index contributed by atoms with van der Waals surface area (Å²) in [5.41, 5.74) is 5.96. The van der Waals surface area contributed by atoms with Gasteiger partial charge >= 0.3 is 6.18 Å². The van der Waals surface area contributed by atoms with Crippen LogP contribution in [0.2, 0.25) is 0 Å². The Balaban J connectivity index is 1.55. The van der Waals surface area contributed by atoms with Crippen molar-refractivity contribution in [2.75, 3.05) is 0 Å². The van der Waals surface area contributed by atoms with Crippen molar-refractivity contribution in [3.63, 3.8) is 0 Å². The maximum atomic E-state index is 13.7. The van der Waals surface area contributed by atoms with Gasteiger partial charge in [0.25, 0.3) is 0 Å². The second kappa shape index (κ2) is 8.31. The van der Waals surface area contributed by atoms with Gasteiger partial charge in [0.15, 0.2) is 0 Å². The normalized spacial score (nSPS) is 12.4. The first-order chi connectivity index (χ1) is 18.7. The van der Waals surface area contributed by atoms with Crippen LogP contribution >= 0.6 is 0 Å². The van der Waals surface area contributed by atoms with Crippen LogP contribution in [0.15, 0.2) is 97.1 Å². The van der Waals surface area contributed by atoms with Gasteiger partial charge in [-0.15, -0.1) is 0 Å². The summed E-state index contributed by atoms with van der Waals surface area (Å²) in [6.45, 7) is 5.78. The van der Waals surface area contributed by atoms with Gasteiger partial charge in [0, 0.05) is 0 Å². The van der Waals surface area contributed by atoms with Crippen molar-refractivity contribution in [3.05, 3.63) is 119 Å². The lowest BCUT2D eigenvalue weighted by Crippen LogP contribution is -2.07. The molecule has 0 fully saturated rings. The van der Waals surface area contributed by atoms with Crippen LogP contribution in [-0.2, 0) is 6.18 Å². The van der Waals surface area contributed by atoms with Crippen LogP contribution in [0.5, 0.6) is 0 Å². The Labute approximate surface area is 224 Å². The highest BCUT2D eigenvalue weighted by Gasteiger charge is 2.32. The average Bonchev–Trinajstić information content (AvgIpc) is 2.92. The van der Waals surface area contributed by atoms with E-state index in [2.05, 4.69) is 74.5 Å². The Morgan fingerprint density at radius 2 is 0.897 bits per heavy atom. The molecule has 0 heterocycles. The number of alkyl halides is 3. The first-order valence-electron chi connectivity index (χ1n) is 13.1. The van der Waals surface area contributed by atoms with Crippen LogP contribution in [-0.4, -0.2) is 0 Å². The number of aryl methyl sites for hydroxylation is 3. The van der Waals surface area contributed by atoms with Crippen molar-refractivity contribution in [3.8, 4) is 22.3 Å². The molecule has 0 spiro atoms. The molecule has 3 heteroatoms. The van der Waals surface area contributed by atoms with E-state index in [1.807, 2.05) is 18.2 Å². The zero-order valence-corrected chi connectivity index (χ0v) is 21.9. The Bertz CT molecular complexity index is 2060. The van der Waals surface area contributed by atoms with Gasteiger partial charge in [-0.05, 0) is 109 Å². The molecule has 7 rings (SSSR count). The van der Waals surface area contributed by atoms with E-state index in [0.717, 1.165) is 37.9 Å². The van der Waals surface area contributed by atoms with Crippen LogP contribution in [0.25, 0.3) is 65.3 Å². The second-order valence-electron chi connectivity index (χ2n) is 10.6. The molecule has 7 aromatic rings. The van der Waals surface area contributed by atoms with Crippen molar-refractivity contribution in [1.29, 1.82) is 0 Å². The minimum Gasteiger partial charge on any atom is -0.166 e. The van der Waals surface area contributed by atoms with E-state index in [1.54, 1.807) is 12.1 Å². The topological polar surface area (TPSA) is 0 Å². The summed E-state index contributed by atoms with van der Waals surface area (Å²) in [6, 6.07) is 32.3. The maximum Gasteiger partial charge on any atom is 0.416 e. The Kier molecular flexibility index (Phi) is 5.06. The molecular weight excluding hydrogens is 489 g/mol. The quantitative estimate of drug-likeness (QED) is 0.159. The zero-order valence-electron chi connectivity index (χ0n) is 21.9. The molecule has 0 aliphatic heterocycles. The number of rotatable bonds is 2. The van der Waals surface area contributed by atoms with Crippen molar-refractivity contribution < 1.29 is 13.2 Å². The van der Waals surface area contributed by atoms with Crippen LogP contribution in [0.4, 0.5) is 13.2 Å². The van der Waals surface area contributed by atoms with Crippen molar-refractivity contribution in [2.45, 2.75) is 26.9 Å². The molecule has 0 saturated carbocycles. The molecule has 0 saturated heterocycles. The number of halogens is 3. The first kappa shape index (κ1) is 23.7. The third-order valence-electron chi connectivity index (χ3n) is 8.33. The van der Waals surface area contributed by atoms with E-state index in [0.29, 0.717) is 5.56 Å². The van der Waals surface area contributed by atoms with Gasteiger partial charge in [0.05, 0.1) is 5.56 Å². The lowest BCUT2D eigenvalue weighted by molar-refractivity contribution is -0.138. The molecule has 0 nitrogen and oxygen atoms in total. The molecule has 0 atom stereocenters. The SMILES string of the molecule is Cc1ccc(-c2ccc3c4ccc(-c5ccc(C)c(C(F)(F)F)c5)c5cccc(c6cccc2c63)c54)cc1C. The number of fused-ring (bicyclic) bond motifs is 2. The summed E-state index contributed by atoms with van der Waals surface area (Å²) in [5, 5.41) is 9.01. The second-order valence-corrected chi connectivity index (χ2v) is 10.6. The van der Waals surface area contributed by atoms with Crippen LogP contribution in [0.3, 0.4) is 0 Å². The number of hydrogen-bond donors (Lipinski definition) is 0. The predicted octanol–water partition coefficient (Wildman–Crippen LogP) is 11.0. The zero-order chi connectivity index (χ0) is 27.1. The van der Waals surface area contributed by atoms with Crippen molar-refractivity contribution in [1.82, 2.24) is 0 Å². The molecule has 0 unspecified atom stereocenters. The summed E-state index contributed by atoms with van der Waals surface area (Å²) in [7, 11) is 0. The van der Waals surface area contributed by atoms with E-state index >= 15 is 0 Å². The highest BCUT2D eigenvalue weighted by Crippen LogP contribution is 2.45. The Hall–Kier alpha value is -4.37. The van der Waals surface area contributed by atoms with E-state index in [-0.39, 0.29) is 5.56 Å². The minimum atomic E-state index is -4.39.